The van der Waals surface area contributed by atoms with Crippen LogP contribution in [0, 0.1) is 0 Å². The summed E-state index contributed by atoms with van der Waals surface area (Å²) >= 11 is 0. The Morgan fingerprint density at radius 1 is 1.00 bits per heavy atom. The van der Waals surface area contributed by atoms with Crippen molar-refractivity contribution in [2.24, 2.45) is 0 Å². The van der Waals surface area contributed by atoms with Crippen molar-refractivity contribution in [3.05, 3.63) is 48.0 Å². The predicted octanol–water partition coefficient (Wildman–Crippen LogP) is 3.05. The number of ether oxygens (including phenoxy) is 2. The Bertz CT molecular complexity index is 584. The molecule has 4 nitrogen and oxygen atoms in total. The largest absolute Gasteiger partial charge is 0.504 e. The number of hydrogen-bond donors (Lipinski definition) is 1. The number of phenolic OH excluding ortho intramolecular Hbond substituents is 1. The monoisotopic (exact) mass is 273 g/mol. The molecular weight excluding hydrogens is 254 g/mol. The lowest BCUT2D eigenvalue weighted by atomic mass is 10.1. The minimum absolute atomic E-state index is 0.151. The van der Waals surface area contributed by atoms with Gasteiger partial charge < -0.3 is 19.5 Å². The van der Waals surface area contributed by atoms with Gasteiger partial charge in [-0.25, -0.2) is 0 Å². The van der Waals surface area contributed by atoms with E-state index >= 15 is 0 Å². The van der Waals surface area contributed by atoms with E-state index in [1.807, 2.05) is 37.4 Å². The summed E-state index contributed by atoms with van der Waals surface area (Å²) in [5.41, 5.74) is 2.00. The number of nitrogens with zero attached hydrogens (tertiary/aromatic N) is 1. The highest BCUT2D eigenvalue weighted by atomic mass is 16.5. The van der Waals surface area contributed by atoms with E-state index < -0.39 is 0 Å². The first kappa shape index (κ1) is 14.1. The molecule has 1 N–H and O–H groups in total. The molecule has 0 unspecified atom stereocenters. The normalized spacial score (nSPS) is 10.2. The van der Waals surface area contributed by atoms with E-state index in [4.69, 9.17) is 9.47 Å². The van der Waals surface area contributed by atoms with Crippen LogP contribution in [0.3, 0.4) is 0 Å². The molecule has 0 saturated carbocycles. The van der Waals surface area contributed by atoms with E-state index in [1.54, 1.807) is 19.2 Å². The van der Waals surface area contributed by atoms with E-state index in [9.17, 15) is 5.11 Å². The third kappa shape index (κ3) is 2.96. The van der Waals surface area contributed by atoms with Gasteiger partial charge in [0, 0.05) is 13.6 Å². The average Bonchev–Trinajstić information content (AvgIpc) is 2.47. The molecule has 0 bridgehead atoms. The molecular formula is C16H19NO3. The summed E-state index contributed by atoms with van der Waals surface area (Å²) < 4.78 is 10.4. The molecule has 0 aliphatic carbocycles. The molecule has 0 aliphatic rings. The third-order valence-electron chi connectivity index (χ3n) is 3.16. The second-order valence-electron chi connectivity index (χ2n) is 4.53. The van der Waals surface area contributed by atoms with Crippen LogP contribution in [0.1, 0.15) is 5.56 Å². The number of anilines is 1. The fourth-order valence-corrected chi connectivity index (χ4v) is 2.14. The standard InChI is InChI=1S/C16H19NO3/c1-17(13-6-4-5-7-15(13)19-2)11-12-8-9-16(20-3)14(18)10-12/h4-10,18H,11H2,1-3H3. The van der Waals surface area contributed by atoms with Crippen LogP contribution in [-0.4, -0.2) is 26.4 Å². The maximum atomic E-state index is 9.81. The van der Waals surface area contributed by atoms with Gasteiger partial charge in [0.2, 0.25) is 0 Å². The van der Waals surface area contributed by atoms with Gasteiger partial charge in [-0.2, -0.15) is 0 Å². The molecule has 2 rings (SSSR count). The SMILES string of the molecule is COc1ccc(CN(C)c2ccccc2OC)cc1O. The van der Waals surface area contributed by atoms with Crippen LogP contribution in [0.15, 0.2) is 42.5 Å². The highest BCUT2D eigenvalue weighted by molar-refractivity contribution is 5.58. The molecule has 106 valence electrons. The number of para-hydroxylation sites is 2. The van der Waals surface area contributed by atoms with Gasteiger partial charge in [-0.3, -0.25) is 0 Å². The van der Waals surface area contributed by atoms with Gasteiger partial charge in [-0.05, 0) is 29.8 Å². The molecule has 0 atom stereocenters. The van der Waals surface area contributed by atoms with Crippen molar-refractivity contribution in [1.82, 2.24) is 0 Å². The molecule has 0 amide bonds. The molecule has 0 aliphatic heterocycles. The lowest BCUT2D eigenvalue weighted by Crippen LogP contribution is -2.17. The van der Waals surface area contributed by atoms with Crippen molar-refractivity contribution in [2.75, 3.05) is 26.2 Å². The topological polar surface area (TPSA) is 41.9 Å². The van der Waals surface area contributed by atoms with Crippen LogP contribution < -0.4 is 14.4 Å². The summed E-state index contributed by atoms with van der Waals surface area (Å²) in [6.45, 7) is 0.665. The van der Waals surface area contributed by atoms with Gasteiger partial charge in [-0.1, -0.05) is 18.2 Å². The summed E-state index contributed by atoms with van der Waals surface area (Å²) in [7, 11) is 5.18. The van der Waals surface area contributed by atoms with Crippen LogP contribution in [-0.2, 0) is 6.54 Å². The van der Waals surface area contributed by atoms with Gasteiger partial charge in [0.25, 0.3) is 0 Å². The first-order chi connectivity index (χ1) is 9.65. The van der Waals surface area contributed by atoms with E-state index in [0.717, 1.165) is 17.0 Å². The highest BCUT2D eigenvalue weighted by Crippen LogP contribution is 2.30. The number of phenols is 1. The maximum Gasteiger partial charge on any atom is 0.160 e. The Morgan fingerprint density at radius 3 is 2.35 bits per heavy atom. The van der Waals surface area contributed by atoms with Gasteiger partial charge in [-0.15, -0.1) is 0 Å². The summed E-state index contributed by atoms with van der Waals surface area (Å²) in [5, 5.41) is 9.81. The maximum absolute atomic E-state index is 9.81. The summed E-state index contributed by atoms with van der Waals surface area (Å²) in [4.78, 5) is 2.07. The molecule has 20 heavy (non-hydrogen) atoms. The molecule has 0 radical (unpaired) electrons. The first-order valence-corrected chi connectivity index (χ1v) is 6.35. The van der Waals surface area contributed by atoms with Gasteiger partial charge >= 0.3 is 0 Å². The molecule has 2 aromatic carbocycles. The Balaban J connectivity index is 2.19. The van der Waals surface area contributed by atoms with E-state index in [2.05, 4.69) is 4.90 Å². The van der Waals surface area contributed by atoms with Crippen molar-refractivity contribution in [1.29, 1.82) is 0 Å². The molecule has 0 spiro atoms. The molecule has 4 heteroatoms. The van der Waals surface area contributed by atoms with E-state index in [-0.39, 0.29) is 5.75 Å². The van der Waals surface area contributed by atoms with Gasteiger partial charge in [0.1, 0.15) is 5.75 Å². The highest BCUT2D eigenvalue weighted by Gasteiger charge is 2.09. The van der Waals surface area contributed by atoms with Gasteiger partial charge in [0.15, 0.2) is 11.5 Å². The van der Waals surface area contributed by atoms with Crippen molar-refractivity contribution in [3.8, 4) is 17.2 Å². The van der Waals surface area contributed by atoms with E-state index in [0.29, 0.717) is 12.3 Å². The molecule has 0 fully saturated rings. The molecule has 2 aromatic rings. The van der Waals surface area contributed by atoms with Crippen molar-refractivity contribution >= 4 is 5.69 Å². The minimum atomic E-state index is 0.151. The summed E-state index contributed by atoms with van der Waals surface area (Å²) in [6, 6.07) is 13.3. The zero-order valence-corrected chi connectivity index (χ0v) is 12.0. The molecule has 0 heterocycles. The van der Waals surface area contributed by atoms with Gasteiger partial charge in [0.05, 0.1) is 19.9 Å². The van der Waals surface area contributed by atoms with Crippen molar-refractivity contribution in [3.63, 3.8) is 0 Å². The quantitative estimate of drug-likeness (QED) is 0.909. The minimum Gasteiger partial charge on any atom is -0.504 e. The fraction of sp³-hybridized carbons (Fsp3) is 0.250. The fourth-order valence-electron chi connectivity index (χ4n) is 2.14. The number of benzene rings is 2. The number of aromatic hydroxyl groups is 1. The Morgan fingerprint density at radius 2 is 1.70 bits per heavy atom. The van der Waals surface area contributed by atoms with Crippen LogP contribution in [0.4, 0.5) is 5.69 Å². The van der Waals surface area contributed by atoms with Crippen LogP contribution in [0.5, 0.6) is 17.2 Å². The summed E-state index contributed by atoms with van der Waals surface area (Å²) in [6.07, 6.45) is 0. The Labute approximate surface area is 119 Å². The van der Waals surface area contributed by atoms with Crippen LogP contribution >= 0.6 is 0 Å². The van der Waals surface area contributed by atoms with Crippen molar-refractivity contribution < 1.29 is 14.6 Å². The van der Waals surface area contributed by atoms with Crippen molar-refractivity contribution in [2.45, 2.75) is 6.54 Å². The van der Waals surface area contributed by atoms with Crippen LogP contribution in [0.25, 0.3) is 0 Å². The van der Waals surface area contributed by atoms with Crippen LogP contribution in [0.2, 0.25) is 0 Å². The average molecular weight is 273 g/mol. The zero-order valence-electron chi connectivity index (χ0n) is 12.0. The number of methoxy groups -OCH3 is 2. The summed E-state index contributed by atoms with van der Waals surface area (Å²) in [5.74, 6) is 1.46. The number of rotatable bonds is 5. The Hall–Kier alpha value is -2.36. The zero-order chi connectivity index (χ0) is 14.5. The third-order valence-corrected chi connectivity index (χ3v) is 3.16. The number of hydrogen-bond acceptors (Lipinski definition) is 4. The second-order valence-corrected chi connectivity index (χ2v) is 4.53. The smallest absolute Gasteiger partial charge is 0.160 e. The predicted molar refractivity (Wildman–Crippen MR) is 79.8 cm³/mol. The molecule has 0 aromatic heterocycles. The molecule has 0 saturated heterocycles. The first-order valence-electron chi connectivity index (χ1n) is 6.35. The second kappa shape index (κ2) is 6.19. The lowest BCUT2D eigenvalue weighted by Gasteiger charge is -2.22. The van der Waals surface area contributed by atoms with E-state index in [1.165, 1.54) is 7.11 Å². The lowest BCUT2D eigenvalue weighted by molar-refractivity contribution is 0.373. The Kier molecular flexibility index (Phi) is 4.35.